The summed E-state index contributed by atoms with van der Waals surface area (Å²) in [5, 5.41) is 30.6. The molecule has 0 atom stereocenters. The first kappa shape index (κ1) is 38.0. The van der Waals surface area contributed by atoms with Crippen molar-refractivity contribution in [1.82, 2.24) is 50.5 Å². The summed E-state index contributed by atoms with van der Waals surface area (Å²) in [4.78, 5) is 12.6. The molecule has 5 aromatic rings. The molecule has 0 radical (unpaired) electrons. The van der Waals surface area contributed by atoms with Gasteiger partial charge in [-0.1, -0.05) is 98.4 Å². The molecule has 4 heterocycles. The molecule has 0 saturated carbocycles. The number of nitrogens with one attached hydrogen (secondary N) is 2. The quantitative estimate of drug-likeness (QED) is 0.216. The number of tetrazole rings is 2. The molecule has 2 aliphatic heterocycles. The number of carbonyl (C=O) groups is 1. The lowest BCUT2D eigenvalue weighted by Crippen LogP contribution is -2.46. The normalized spacial score (nSPS) is 16.9. The van der Waals surface area contributed by atoms with Crippen LogP contribution in [-0.2, 0) is 32.2 Å². The molecule has 3 aromatic carbocycles. The number of aryl methyl sites for hydroxylation is 1. The number of benzene rings is 3. The summed E-state index contributed by atoms with van der Waals surface area (Å²) in [6.45, 7) is 4.50. The summed E-state index contributed by atoms with van der Waals surface area (Å²) >= 11 is 0. The van der Waals surface area contributed by atoms with Gasteiger partial charge in [0.05, 0.1) is 15.7 Å². The highest BCUT2D eigenvalue weighted by Gasteiger charge is 2.44. The third kappa shape index (κ3) is 7.79. The van der Waals surface area contributed by atoms with E-state index in [0.29, 0.717) is 42.5 Å². The molecule has 266 valence electrons. The fraction of sp³-hybridized carbons (Fsp3) is 0.400. The van der Waals surface area contributed by atoms with Crippen molar-refractivity contribution in [2.75, 3.05) is 26.2 Å². The van der Waals surface area contributed by atoms with Crippen LogP contribution in [0, 0.1) is 6.92 Å². The van der Waals surface area contributed by atoms with Gasteiger partial charge in [0.25, 0.3) is 0 Å². The van der Waals surface area contributed by atoms with Gasteiger partial charge in [-0.05, 0) is 74.2 Å². The Balaban J connectivity index is 0.000000222. The van der Waals surface area contributed by atoms with E-state index < -0.39 is 21.3 Å². The lowest BCUT2D eigenvalue weighted by molar-refractivity contribution is -0.119. The lowest BCUT2D eigenvalue weighted by Gasteiger charge is -2.39. The highest BCUT2D eigenvalue weighted by Crippen LogP contribution is 2.41. The van der Waals surface area contributed by atoms with E-state index in [1.54, 1.807) is 16.4 Å². The maximum atomic E-state index is 13.0. The number of rotatable bonds is 8. The van der Waals surface area contributed by atoms with Crippen LogP contribution < -0.4 is 11.1 Å². The van der Waals surface area contributed by atoms with Gasteiger partial charge in [-0.15, -0.1) is 20.4 Å². The van der Waals surface area contributed by atoms with Gasteiger partial charge in [0.15, 0.2) is 11.6 Å². The number of primary amides is 1. The largest absolute Gasteiger partial charge is 0.368 e. The smallest absolute Gasteiger partial charge is 0.243 e. The number of hydrogen-bond acceptors (Lipinski definition) is 10. The van der Waals surface area contributed by atoms with Gasteiger partial charge >= 0.3 is 0 Å². The van der Waals surface area contributed by atoms with E-state index in [0.717, 1.165) is 37.1 Å². The Morgan fingerprint density at radius 3 is 1.88 bits per heavy atom. The zero-order valence-electron chi connectivity index (χ0n) is 26.7. The number of piperidine rings is 2. The van der Waals surface area contributed by atoms with Gasteiger partial charge in [-0.2, -0.15) is 14.3 Å². The van der Waals surface area contributed by atoms with Gasteiger partial charge in [0, 0.05) is 13.1 Å². The van der Waals surface area contributed by atoms with Gasteiger partial charge in [-0.3, -0.25) is 4.79 Å². The van der Waals surface area contributed by atoms with E-state index in [1.165, 1.54) is 10.4 Å². The monoisotopic (exact) mass is 701 g/mol. The Kier molecular flexibility index (Phi) is 12.3. The first-order chi connectivity index (χ1) is 23.2. The van der Waals surface area contributed by atoms with Crippen LogP contribution in [0.2, 0.25) is 0 Å². The topological polar surface area (TPSA) is 191 Å². The van der Waals surface area contributed by atoms with Crippen LogP contribution in [0.4, 0.5) is 0 Å². The average molecular weight is 702 g/mol. The molecular formula is C35H47N11O3S. The molecule has 0 spiro atoms. The van der Waals surface area contributed by atoms with Gasteiger partial charge in [0.2, 0.25) is 15.9 Å². The summed E-state index contributed by atoms with van der Waals surface area (Å²) < 4.78 is 27.6. The number of carbonyl (C=O) groups excluding carboxylic acids is 1. The molecule has 1 amide bonds. The Morgan fingerprint density at radius 2 is 1.36 bits per heavy atom. The van der Waals surface area contributed by atoms with E-state index in [2.05, 4.69) is 53.5 Å². The standard InChI is InChI=1S/C19H21N5O2S.C14H18N6O.2CH4/c1-15-7-9-17(10-8-15)27(25,26)24-13-11-19(12-14-24,18-20-22-23-21-18)16-5-3-2-4-6-16;15-12(21)10-20-18-13(17-19-20)14(6-8-16-9-7-14)11-4-2-1-3-5-11;;/h2-10H,11-14H2,1H3,(H,20,21,22,23);1-5,16H,6-10H2,(H2,15,21);2*1H4. The van der Waals surface area contributed by atoms with Gasteiger partial charge < -0.3 is 11.1 Å². The van der Waals surface area contributed by atoms with E-state index in [1.807, 2.05) is 67.6 Å². The van der Waals surface area contributed by atoms with Crippen LogP contribution in [-0.4, -0.2) is 85.6 Å². The molecule has 2 saturated heterocycles. The molecule has 14 nitrogen and oxygen atoms in total. The van der Waals surface area contributed by atoms with E-state index in [-0.39, 0.29) is 26.8 Å². The molecule has 2 aromatic heterocycles. The van der Waals surface area contributed by atoms with Crippen molar-refractivity contribution in [2.45, 2.75) is 69.7 Å². The highest BCUT2D eigenvalue weighted by molar-refractivity contribution is 7.89. The lowest BCUT2D eigenvalue weighted by atomic mass is 9.72. The Labute approximate surface area is 293 Å². The van der Waals surface area contributed by atoms with Crippen LogP contribution in [0.15, 0.2) is 89.8 Å². The van der Waals surface area contributed by atoms with Gasteiger partial charge in [0.1, 0.15) is 6.54 Å². The molecule has 7 rings (SSSR count). The van der Waals surface area contributed by atoms with Crippen LogP contribution in [0.25, 0.3) is 0 Å². The Morgan fingerprint density at radius 1 is 0.800 bits per heavy atom. The fourth-order valence-corrected chi connectivity index (χ4v) is 8.07. The molecule has 50 heavy (non-hydrogen) atoms. The minimum absolute atomic E-state index is 0. The minimum atomic E-state index is -3.51. The van der Waals surface area contributed by atoms with Gasteiger partial charge in [-0.25, -0.2) is 8.42 Å². The number of amides is 1. The summed E-state index contributed by atoms with van der Waals surface area (Å²) in [6, 6.07) is 27.2. The van der Waals surface area contributed by atoms with Crippen molar-refractivity contribution >= 4 is 15.9 Å². The van der Waals surface area contributed by atoms with Crippen molar-refractivity contribution in [3.8, 4) is 0 Å². The minimum Gasteiger partial charge on any atom is -0.368 e. The van der Waals surface area contributed by atoms with Crippen molar-refractivity contribution in [2.24, 2.45) is 5.73 Å². The molecule has 4 N–H and O–H groups in total. The second-order valence-corrected chi connectivity index (χ2v) is 14.1. The predicted molar refractivity (Wildman–Crippen MR) is 190 cm³/mol. The first-order valence-corrected chi connectivity index (χ1v) is 17.4. The summed E-state index contributed by atoms with van der Waals surface area (Å²) in [5.74, 6) is 0.801. The van der Waals surface area contributed by atoms with Crippen LogP contribution >= 0.6 is 0 Å². The first-order valence-electron chi connectivity index (χ1n) is 15.9. The van der Waals surface area contributed by atoms with Crippen molar-refractivity contribution in [3.05, 3.63) is 113 Å². The number of hydrogen-bond donors (Lipinski definition) is 3. The zero-order chi connectivity index (χ0) is 33.6. The van der Waals surface area contributed by atoms with Crippen LogP contribution in [0.3, 0.4) is 0 Å². The highest BCUT2D eigenvalue weighted by atomic mass is 32.2. The third-order valence-corrected chi connectivity index (χ3v) is 11.2. The number of sulfonamides is 1. The summed E-state index contributed by atoms with van der Waals surface area (Å²) in [6.07, 6.45) is 3.00. The molecule has 2 fully saturated rings. The Hall–Kier alpha value is -4.86. The number of aromatic amines is 1. The van der Waals surface area contributed by atoms with E-state index in [9.17, 15) is 13.2 Å². The molecule has 0 bridgehead atoms. The molecule has 15 heteroatoms. The molecular weight excluding hydrogens is 655 g/mol. The third-order valence-electron chi connectivity index (χ3n) is 9.30. The number of nitrogens with zero attached hydrogens (tertiary/aromatic N) is 8. The maximum absolute atomic E-state index is 13.0. The second kappa shape index (κ2) is 16.2. The van der Waals surface area contributed by atoms with Crippen molar-refractivity contribution in [3.63, 3.8) is 0 Å². The van der Waals surface area contributed by atoms with Crippen molar-refractivity contribution < 1.29 is 13.2 Å². The van der Waals surface area contributed by atoms with E-state index >= 15 is 0 Å². The fourth-order valence-electron chi connectivity index (χ4n) is 6.62. The molecule has 0 unspecified atom stereocenters. The Bertz CT molecular complexity index is 1890. The van der Waals surface area contributed by atoms with E-state index in [4.69, 9.17) is 5.73 Å². The molecule has 0 aliphatic carbocycles. The summed E-state index contributed by atoms with van der Waals surface area (Å²) in [7, 11) is -3.51. The maximum Gasteiger partial charge on any atom is 0.243 e. The molecule has 2 aliphatic rings. The second-order valence-electron chi connectivity index (χ2n) is 12.2. The predicted octanol–water partition coefficient (Wildman–Crippen LogP) is 3.38. The average Bonchev–Trinajstić information content (AvgIpc) is 3.84. The SMILES string of the molecule is C.C.Cc1ccc(S(=O)(=O)N2CCC(c3ccccc3)(c3nn[nH]n3)CC2)cc1.NC(=O)Cn1nnc(C2(c3ccccc3)CCNCC2)n1. The van der Waals surface area contributed by atoms with Crippen LogP contribution in [0.1, 0.15) is 68.9 Å². The zero-order valence-corrected chi connectivity index (χ0v) is 27.6. The number of aromatic nitrogens is 8. The number of nitrogens with two attached hydrogens (primary N) is 1. The van der Waals surface area contributed by atoms with Crippen molar-refractivity contribution in [1.29, 1.82) is 0 Å². The number of H-pyrrole nitrogens is 1. The van der Waals surface area contributed by atoms with Crippen LogP contribution in [0.5, 0.6) is 0 Å². The summed E-state index contributed by atoms with van der Waals surface area (Å²) in [5.41, 5.74) is 7.80.